The molecule has 1 unspecified atom stereocenters. The van der Waals surface area contributed by atoms with Gasteiger partial charge in [-0.3, -0.25) is 4.79 Å². The molecule has 0 bridgehead atoms. The SMILES string of the molecule is Cc1nn(Cc2ccccc2)c(Cl)c1/C=C/C(=O)OC(C)C(=O)c1ccc(F)c(F)c1. The molecule has 0 aliphatic rings. The van der Waals surface area contributed by atoms with Gasteiger partial charge in [-0.1, -0.05) is 41.9 Å². The van der Waals surface area contributed by atoms with Crippen LogP contribution in [0.3, 0.4) is 0 Å². The Morgan fingerprint density at radius 2 is 1.87 bits per heavy atom. The van der Waals surface area contributed by atoms with Gasteiger partial charge >= 0.3 is 5.97 Å². The second kappa shape index (κ2) is 9.66. The standard InChI is InChI=1S/C23H19ClF2N2O3/c1-14-18(23(24)28(27-14)13-16-6-4-3-5-7-16)9-11-21(29)31-15(2)22(30)17-8-10-19(25)20(26)12-17/h3-12,15H,13H2,1-2H3/b11-9+. The monoisotopic (exact) mass is 444 g/mol. The Labute approximate surface area is 182 Å². The number of rotatable bonds is 7. The molecular weight excluding hydrogens is 426 g/mol. The van der Waals surface area contributed by atoms with Gasteiger partial charge < -0.3 is 4.74 Å². The van der Waals surface area contributed by atoms with Gasteiger partial charge in [0.25, 0.3) is 0 Å². The summed E-state index contributed by atoms with van der Waals surface area (Å²) in [4.78, 5) is 24.4. The van der Waals surface area contributed by atoms with Crippen LogP contribution >= 0.6 is 11.6 Å². The number of carbonyl (C=O) groups is 2. The first-order valence-electron chi connectivity index (χ1n) is 9.41. The third kappa shape index (κ3) is 5.44. The number of benzene rings is 2. The first kappa shape index (κ1) is 22.4. The summed E-state index contributed by atoms with van der Waals surface area (Å²) in [6, 6.07) is 12.4. The van der Waals surface area contributed by atoms with Crippen molar-refractivity contribution >= 4 is 29.4 Å². The Balaban J connectivity index is 1.66. The van der Waals surface area contributed by atoms with Crippen molar-refractivity contribution in [2.75, 3.05) is 0 Å². The van der Waals surface area contributed by atoms with Crippen molar-refractivity contribution in [2.45, 2.75) is 26.5 Å². The molecule has 5 nitrogen and oxygen atoms in total. The average molecular weight is 445 g/mol. The van der Waals surface area contributed by atoms with Gasteiger partial charge in [-0.2, -0.15) is 5.10 Å². The number of nitrogens with zero attached hydrogens (tertiary/aromatic N) is 2. The lowest BCUT2D eigenvalue weighted by atomic mass is 10.1. The average Bonchev–Trinajstić information content (AvgIpc) is 3.01. The van der Waals surface area contributed by atoms with Crippen molar-refractivity contribution in [3.05, 3.63) is 93.8 Å². The van der Waals surface area contributed by atoms with Gasteiger partial charge in [0.2, 0.25) is 5.78 Å². The Morgan fingerprint density at radius 1 is 1.16 bits per heavy atom. The number of hydrogen-bond acceptors (Lipinski definition) is 4. The number of esters is 1. The smallest absolute Gasteiger partial charge is 0.331 e. The quantitative estimate of drug-likeness (QED) is 0.292. The van der Waals surface area contributed by atoms with E-state index in [1.165, 1.54) is 13.0 Å². The van der Waals surface area contributed by atoms with Gasteiger partial charge in [0.05, 0.1) is 12.2 Å². The zero-order valence-electron chi connectivity index (χ0n) is 16.8. The van der Waals surface area contributed by atoms with E-state index in [1.54, 1.807) is 11.6 Å². The maximum absolute atomic E-state index is 13.3. The van der Waals surface area contributed by atoms with Crippen LogP contribution in [-0.2, 0) is 16.1 Å². The molecule has 0 saturated heterocycles. The molecule has 0 spiro atoms. The Morgan fingerprint density at radius 3 is 2.55 bits per heavy atom. The van der Waals surface area contributed by atoms with Crippen LogP contribution in [0.5, 0.6) is 0 Å². The highest BCUT2D eigenvalue weighted by Crippen LogP contribution is 2.22. The molecule has 3 rings (SSSR count). The fourth-order valence-electron chi connectivity index (χ4n) is 2.92. The number of halogens is 3. The highest BCUT2D eigenvalue weighted by Gasteiger charge is 2.20. The molecular formula is C23H19ClF2N2O3. The first-order valence-corrected chi connectivity index (χ1v) is 9.79. The van der Waals surface area contributed by atoms with Crippen molar-refractivity contribution in [1.29, 1.82) is 0 Å². The minimum atomic E-state index is -1.18. The maximum atomic E-state index is 13.3. The molecule has 0 radical (unpaired) electrons. The van der Waals surface area contributed by atoms with Crippen LogP contribution < -0.4 is 0 Å². The largest absolute Gasteiger partial charge is 0.451 e. The second-order valence-electron chi connectivity index (χ2n) is 6.84. The van der Waals surface area contributed by atoms with Crippen LogP contribution in [-0.4, -0.2) is 27.6 Å². The minimum absolute atomic E-state index is 0.0933. The molecule has 1 heterocycles. The first-order chi connectivity index (χ1) is 14.8. The predicted molar refractivity (Wildman–Crippen MR) is 113 cm³/mol. The lowest BCUT2D eigenvalue weighted by molar-refractivity contribution is -0.140. The van der Waals surface area contributed by atoms with Gasteiger partial charge in [-0.05, 0) is 43.7 Å². The third-order valence-corrected chi connectivity index (χ3v) is 4.94. The summed E-state index contributed by atoms with van der Waals surface area (Å²) in [5, 5.41) is 4.75. The van der Waals surface area contributed by atoms with Crippen molar-refractivity contribution in [3.63, 3.8) is 0 Å². The fraction of sp³-hybridized carbons (Fsp3) is 0.174. The highest BCUT2D eigenvalue weighted by atomic mass is 35.5. The van der Waals surface area contributed by atoms with Crippen LogP contribution in [0.1, 0.15) is 34.1 Å². The molecule has 160 valence electrons. The third-order valence-electron chi connectivity index (χ3n) is 4.54. The molecule has 0 aliphatic carbocycles. The number of ether oxygens (including phenoxy) is 1. The van der Waals surface area contributed by atoms with E-state index in [-0.39, 0.29) is 5.56 Å². The summed E-state index contributed by atoms with van der Waals surface area (Å²) in [5.74, 6) is -3.65. The van der Waals surface area contributed by atoms with E-state index in [1.807, 2.05) is 30.3 Å². The number of aryl methyl sites for hydroxylation is 1. The zero-order chi connectivity index (χ0) is 22.5. The summed E-state index contributed by atoms with van der Waals surface area (Å²) < 4.78 is 33.0. The van der Waals surface area contributed by atoms with E-state index in [9.17, 15) is 18.4 Å². The van der Waals surface area contributed by atoms with E-state index in [4.69, 9.17) is 16.3 Å². The molecule has 0 amide bonds. The van der Waals surface area contributed by atoms with Crippen LogP contribution in [0.15, 0.2) is 54.6 Å². The predicted octanol–water partition coefficient (Wildman–Crippen LogP) is 5.00. The maximum Gasteiger partial charge on any atom is 0.331 e. The van der Waals surface area contributed by atoms with E-state index in [0.717, 1.165) is 29.8 Å². The normalized spacial score (nSPS) is 12.2. The Hall–Kier alpha value is -3.32. The Bertz CT molecular complexity index is 1140. The van der Waals surface area contributed by atoms with Gasteiger partial charge in [0, 0.05) is 17.2 Å². The van der Waals surface area contributed by atoms with Crippen LogP contribution in [0.2, 0.25) is 5.15 Å². The van der Waals surface area contributed by atoms with Gasteiger partial charge in [0.1, 0.15) is 5.15 Å². The number of ketones is 1. The van der Waals surface area contributed by atoms with Gasteiger partial charge in [-0.25, -0.2) is 18.3 Å². The van der Waals surface area contributed by atoms with E-state index >= 15 is 0 Å². The van der Waals surface area contributed by atoms with Gasteiger partial charge in [-0.15, -0.1) is 0 Å². The van der Waals surface area contributed by atoms with Crippen molar-refractivity contribution < 1.29 is 23.1 Å². The topological polar surface area (TPSA) is 61.2 Å². The molecule has 2 aromatic carbocycles. The van der Waals surface area contributed by atoms with E-state index in [2.05, 4.69) is 5.10 Å². The lowest BCUT2D eigenvalue weighted by Gasteiger charge is -2.11. The Kier molecular flexibility index (Phi) is 6.97. The second-order valence-corrected chi connectivity index (χ2v) is 7.20. The van der Waals surface area contributed by atoms with E-state index in [0.29, 0.717) is 23.0 Å². The summed E-state index contributed by atoms with van der Waals surface area (Å²) in [7, 11) is 0. The molecule has 0 saturated carbocycles. The highest BCUT2D eigenvalue weighted by molar-refractivity contribution is 6.31. The zero-order valence-corrected chi connectivity index (χ0v) is 17.6. The number of aromatic nitrogens is 2. The minimum Gasteiger partial charge on any atom is -0.451 e. The fourth-order valence-corrected chi connectivity index (χ4v) is 3.22. The molecule has 0 fully saturated rings. The number of carbonyl (C=O) groups excluding carboxylic acids is 2. The molecule has 1 atom stereocenters. The molecule has 0 aliphatic heterocycles. The summed E-state index contributed by atoms with van der Waals surface area (Å²) in [5.41, 5.74) is 2.10. The number of Topliss-reactive ketones (excluding diaryl/α,β-unsaturated/α-hetero) is 1. The van der Waals surface area contributed by atoms with Crippen LogP contribution in [0, 0.1) is 18.6 Å². The molecule has 0 N–H and O–H groups in total. The number of hydrogen-bond donors (Lipinski definition) is 0. The molecule has 1 aromatic heterocycles. The van der Waals surface area contributed by atoms with Crippen LogP contribution in [0.4, 0.5) is 8.78 Å². The van der Waals surface area contributed by atoms with Gasteiger partial charge in [0.15, 0.2) is 17.7 Å². The molecule has 8 heteroatoms. The molecule has 3 aromatic rings. The summed E-state index contributed by atoms with van der Waals surface area (Å²) >= 11 is 6.40. The molecule has 31 heavy (non-hydrogen) atoms. The van der Waals surface area contributed by atoms with Crippen LogP contribution in [0.25, 0.3) is 6.08 Å². The van der Waals surface area contributed by atoms with E-state index < -0.39 is 29.5 Å². The summed E-state index contributed by atoms with van der Waals surface area (Å²) in [6.07, 6.45) is 1.42. The summed E-state index contributed by atoms with van der Waals surface area (Å²) in [6.45, 7) is 3.58. The van der Waals surface area contributed by atoms with Crippen molar-refractivity contribution in [3.8, 4) is 0 Å². The lowest BCUT2D eigenvalue weighted by Crippen LogP contribution is -2.23. The van der Waals surface area contributed by atoms with Crippen molar-refractivity contribution in [1.82, 2.24) is 9.78 Å². The van der Waals surface area contributed by atoms with Crippen molar-refractivity contribution in [2.24, 2.45) is 0 Å².